The molecule has 1 saturated carbocycles. The zero-order chi connectivity index (χ0) is 10.7. The quantitative estimate of drug-likeness (QED) is 0.833. The molecule has 0 unspecified atom stereocenters. The van der Waals surface area contributed by atoms with Crippen LogP contribution >= 0.6 is 11.6 Å². The summed E-state index contributed by atoms with van der Waals surface area (Å²) in [6.07, 6.45) is 5.42. The maximum atomic E-state index is 5.89. The molecule has 1 nitrogen and oxygen atoms in total. The van der Waals surface area contributed by atoms with Gasteiger partial charge in [0.15, 0.2) is 0 Å². The molecule has 1 aromatic carbocycles. The van der Waals surface area contributed by atoms with Gasteiger partial charge in [-0.2, -0.15) is 0 Å². The second-order valence-corrected chi connectivity index (χ2v) is 4.87. The summed E-state index contributed by atoms with van der Waals surface area (Å²) in [6, 6.07) is 8.18. The van der Waals surface area contributed by atoms with Crippen LogP contribution in [0.3, 0.4) is 0 Å². The zero-order valence-electron chi connectivity index (χ0n) is 8.95. The van der Waals surface area contributed by atoms with Crippen LogP contribution in [0.4, 0.5) is 0 Å². The monoisotopic (exact) mass is 223 g/mol. The van der Waals surface area contributed by atoms with E-state index in [1.165, 1.54) is 31.2 Å². The molecular weight excluding hydrogens is 206 g/mol. The summed E-state index contributed by atoms with van der Waals surface area (Å²) in [7, 11) is 0. The number of benzene rings is 1. The van der Waals surface area contributed by atoms with Gasteiger partial charge < -0.3 is 5.73 Å². The van der Waals surface area contributed by atoms with Crippen molar-refractivity contribution in [2.45, 2.75) is 31.6 Å². The van der Waals surface area contributed by atoms with Gasteiger partial charge in [0.25, 0.3) is 0 Å². The fraction of sp³-hybridized carbons (Fsp3) is 0.538. The van der Waals surface area contributed by atoms with Crippen molar-refractivity contribution in [3.05, 3.63) is 34.9 Å². The van der Waals surface area contributed by atoms with Gasteiger partial charge in [-0.25, -0.2) is 0 Å². The third-order valence-corrected chi connectivity index (χ3v) is 3.77. The van der Waals surface area contributed by atoms with Gasteiger partial charge in [0.1, 0.15) is 0 Å². The van der Waals surface area contributed by atoms with Crippen LogP contribution < -0.4 is 5.73 Å². The Balaban J connectivity index is 2.14. The van der Waals surface area contributed by atoms with E-state index in [0.29, 0.717) is 5.92 Å². The predicted octanol–water partition coefficient (Wildman–Crippen LogP) is 3.57. The van der Waals surface area contributed by atoms with E-state index in [1.54, 1.807) is 0 Å². The molecule has 82 valence electrons. The summed E-state index contributed by atoms with van der Waals surface area (Å²) in [5.41, 5.74) is 7.25. The molecule has 2 N–H and O–H groups in total. The molecule has 0 radical (unpaired) electrons. The molecule has 1 aromatic rings. The van der Waals surface area contributed by atoms with Crippen LogP contribution in [0.5, 0.6) is 0 Å². The highest BCUT2D eigenvalue weighted by molar-refractivity contribution is 6.30. The van der Waals surface area contributed by atoms with Crippen LogP contribution in [0.1, 0.15) is 37.2 Å². The average Bonchev–Trinajstić information content (AvgIpc) is 2.75. The van der Waals surface area contributed by atoms with Crippen molar-refractivity contribution in [3.63, 3.8) is 0 Å². The molecule has 1 aliphatic rings. The molecule has 0 spiro atoms. The standard InChI is InChI=1S/C13H18ClN/c14-12-7-5-11(6-8-12)13(9-15)10-3-1-2-4-10/h5-8,10,13H,1-4,9,15H2/t13-/m0/s1. The van der Waals surface area contributed by atoms with Crippen LogP contribution in [0.2, 0.25) is 5.02 Å². The molecule has 0 aliphatic heterocycles. The lowest BCUT2D eigenvalue weighted by molar-refractivity contribution is 0.440. The number of rotatable bonds is 3. The molecule has 1 atom stereocenters. The smallest absolute Gasteiger partial charge is 0.0406 e. The molecule has 0 heterocycles. The Morgan fingerprint density at radius 1 is 1.20 bits per heavy atom. The third-order valence-electron chi connectivity index (χ3n) is 3.52. The minimum atomic E-state index is 0.532. The third kappa shape index (κ3) is 2.53. The van der Waals surface area contributed by atoms with Crippen LogP contribution in [0.25, 0.3) is 0 Å². The second-order valence-electron chi connectivity index (χ2n) is 4.44. The highest BCUT2D eigenvalue weighted by Gasteiger charge is 2.24. The fourth-order valence-electron chi connectivity index (χ4n) is 2.67. The van der Waals surface area contributed by atoms with E-state index in [1.807, 2.05) is 12.1 Å². The highest BCUT2D eigenvalue weighted by atomic mass is 35.5. The summed E-state index contributed by atoms with van der Waals surface area (Å²) >= 11 is 5.89. The molecular formula is C13H18ClN. The number of hydrogen-bond acceptors (Lipinski definition) is 1. The molecule has 0 aromatic heterocycles. The lowest BCUT2D eigenvalue weighted by atomic mass is 9.85. The summed E-state index contributed by atoms with van der Waals surface area (Å²) in [5, 5.41) is 0.806. The van der Waals surface area contributed by atoms with Crippen molar-refractivity contribution < 1.29 is 0 Å². The minimum Gasteiger partial charge on any atom is -0.330 e. The van der Waals surface area contributed by atoms with Crippen LogP contribution in [0.15, 0.2) is 24.3 Å². The number of nitrogens with two attached hydrogens (primary N) is 1. The van der Waals surface area contributed by atoms with Crippen molar-refractivity contribution in [1.29, 1.82) is 0 Å². The Morgan fingerprint density at radius 2 is 1.80 bits per heavy atom. The number of hydrogen-bond donors (Lipinski definition) is 1. The van der Waals surface area contributed by atoms with E-state index in [9.17, 15) is 0 Å². The normalized spacial score (nSPS) is 19.3. The minimum absolute atomic E-state index is 0.532. The Kier molecular flexibility index (Phi) is 3.66. The molecule has 0 amide bonds. The van der Waals surface area contributed by atoms with Gasteiger partial charge >= 0.3 is 0 Å². The zero-order valence-corrected chi connectivity index (χ0v) is 9.71. The molecule has 1 fully saturated rings. The van der Waals surface area contributed by atoms with Gasteiger partial charge in [0.2, 0.25) is 0 Å². The van der Waals surface area contributed by atoms with E-state index in [0.717, 1.165) is 17.5 Å². The van der Waals surface area contributed by atoms with Crippen LogP contribution in [0, 0.1) is 5.92 Å². The van der Waals surface area contributed by atoms with E-state index >= 15 is 0 Å². The van der Waals surface area contributed by atoms with Crippen molar-refractivity contribution in [1.82, 2.24) is 0 Å². The van der Waals surface area contributed by atoms with Crippen molar-refractivity contribution in [3.8, 4) is 0 Å². The fourth-order valence-corrected chi connectivity index (χ4v) is 2.80. The van der Waals surface area contributed by atoms with E-state index in [-0.39, 0.29) is 0 Å². The largest absolute Gasteiger partial charge is 0.330 e. The second kappa shape index (κ2) is 5.00. The first-order chi connectivity index (χ1) is 7.31. The lowest BCUT2D eigenvalue weighted by Crippen LogP contribution is -2.19. The molecule has 0 bridgehead atoms. The number of halogens is 1. The summed E-state index contributed by atoms with van der Waals surface area (Å²) in [6.45, 7) is 0.756. The first-order valence-corrected chi connectivity index (χ1v) is 6.14. The Bertz CT molecular complexity index is 301. The van der Waals surface area contributed by atoms with Gasteiger partial charge in [-0.3, -0.25) is 0 Å². The topological polar surface area (TPSA) is 26.0 Å². The van der Waals surface area contributed by atoms with Gasteiger partial charge in [-0.05, 0) is 48.9 Å². The van der Waals surface area contributed by atoms with Gasteiger partial charge in [0.05, 0.1) is 0 Å². The molecule has 2 heteroatoms. The van der Waals surface area contributed by atoms with Gasteiger partial charge in [-0.1, -0.05) is 36.6 Å². The van der Waals surface area contributed by atoms with E-state index < -0.39 is 0 Å². The van der Waals surface area contributed by atoms with E-state index in [2.05, 4.69) is 12.1 Å². The summed E-state index contributed by atoms with van der Waals surface area (Å²) < 4.78 is 0. The maximum Gasteiger partial charge on any atom is 0.0406 e. The highest BCUT2D eigenvalue weighted by Crippen LogP contribution is 2.36. The Hall–Kier alpha value is -0.530. The average molecular weight is 224 g/mol. The van der Waals surface area contributed by atoms with Crippen molar-refractivity contribution >= 4 is 11.6 Å². The van der Waals surface area contributed by atoms with Crippen molar-refractivity contribution in [2.75, 3.05) is 6.54 Å². The molecule has 15 heavy (non-hydrogen) atoms. The molecule has 1 aliphatic carbocycles. The summed E-state index contributed by atoms with van der Waals surface area (Å²) in [5.74, 6) is 1.32. The lowest BCUT2D eigenvalue weighted by Gasteiger charge is -2.22. The van der Waals surface area contributed by atoms with Gasteiger partial charge in [-0.15, -0.1) is 0 Å². The SMILES string of the molecule is NC[C@H](c1ccc(Cl)cc1)C1CCCC1. The van der Waals surface area contributed by atoms with Crippen LogP contribution in [-0.4, -0.2) is 6.54 Å². The molecule has 2 rings (SSSR count). The summed E-state index contributed by atoms with van der Waals surface area (Å²) in [4.78, 5) is 0. The van der Waals surface area contributed by atoms with Crippen LogP contribution in [-0.2, 0) is 0 Å². The first-order valence-electron chi connectivity index (χ1n) is 5.77. The van der Waals surface area contributed by atoms with E-state index in [4.69, 9.17) is 17.3 Å². The predicted molar refractivity (Wildman–Crippen MR) is 65.2 cm³/mol. The van der Waals surface area contributed by atoms with Gasteiger partial charge in [0, 0.05) is 5.02 Å². The Morgan fingerprint density at radius 3 is 2.33 bits per heavy atom. The molecule has 0 saturated heterocycles. The maximum absolute atomic E-state index is 5.89. The van der Waals surface area contributed by atoms with Crippen molar-refractivity contribution in [2.24, 2.45) is 11.7 Å². The Labute approximate surface area is 96.6 Å². The first kappa shape index (κ1) is 11.0.